The zero-order chi connectivity index (χ0) is 16.9. The Morgan fingerprint density at radius 1 is 1.25 bits per heavy atom. The Balaban J connectivity index is 1.83. The van der Waals surface area contributed by atoms with E-state index in [4.69, 9.17) is 9.47 Å². The lowest BCUT2D eigenvalue weighted by atomic mass is 10.1. The second-order valence-corrected chi connectivity index (χ2v) is 6.15. The lowest BCUT2D eigenvalue weighted by molar-refractivity contribution is 0.139. The van der Waals surface area contributed by atoms with E-state index in [1.54, 1.807) is 7.11 Å². The van der Waals surface area contributed by atoms with Crippen molar-refractivity contribution in [3.05, 3.63) is 42.0 Å². The van der Waals surface area contributed by atoms with Crippen LogP contribution in [0, 0.1) is 0 Å². The van der Waals surface area contributed by atoms with Crippen LogP contribution < -0.4 is 4.74 Å². The highest BCUT2D eigenvalue weighted by Gasteiger charge is 2.32. The van der Waals surface area contributed by atoms with Gasteiger partial charge in [-0.15, -0.1) is 0 Å². The maximum atomic E-state index is 11.5. The average Bonchev–Trinajstić information content (AvgIpc) is 3.41. The summed E-state index contributed by atoms with van der Waals surface area (Å²) in [6.07, 6.45) is 1.88. The summed E-state index contributed by atoms with van der Waals surface area (Å²) in [5.74, 6) is 0.806. The Morgan fingerprint density at radius 2 is 2.04 bits per heavy atom. The van der Waals surface area contributed by atoms with Gasteiger partial charge in [0.1, 0.15) is 5.75 Å². The number of carboxylic acid groups (broad SMARTS) is 1. The molecule has 2 aromatic rings. The van der Waals surface area contributed by atoms with E-state index in [0.29, 0.717) is 19.8 Å². The van der Waals surface area contributed by atoms with Crippen molar-refractivity contribution < 1.29 is 19.4 Å². The molecule has 0 heterocycles. The maximum Gasteiger partial charge on any atom is 0.407 e. The summed E-state index contributed by atoms with van der Waals surface area (Å²) in [6.45, 7) is 1.64. The van der Waals surface area contributed by atoms with Crippen LogP contribution in [0.2, 0.25) is 0 Å². The van der Waals surface area contributed by atoms with Crippen LogP contribution in [0.15, 0.2) is 36.4 Å². The summed E-state index contributed by atoms with van der Waals surface area (Å²) < 4.78 is 11.0. The number of ether oxygens (including phenoxy) is 2. The molecule has 0 spiro atoms. The third kappa shape index (κ3) is 3.97. The number of fused-ring (bicyclic) bond motifs is 1. The van der Waals surface area contributed by atoms with Crippen molar-refractivity contribution in [2.75, 3.05) is 20.3 Å². The monoisotopic (exact) mass is 329 g/mol. The molecule has 5 heteroatoms. The molecule has 0 aromatic heterocycles. The normalized spacial score (nSPS) is 13.9. The standard InChI is InChI=1S/C19H23NO4/c1-23-9-4-10-24-18-12-14(11-15-5-2-3-6-17(15)18)13-20(19(21)22)16-7-8-16/h2-3,5-6,11-12,16H,4,7-10,13H2,1H3,(H,21,22). The molecule has 0 bridgehead atoms. The number of hydrogen-bond donors (Lipinski definition) is 1. The smallest absolute Gasteiger partial charge is 0.407 e. The number of benzene rings is 2. The van der Waals surface area contributed by atoms with E-state index >= 15 is 0 Å². The van der Waals surface area contributed by atoms with E-state index in [1.807, 2.05) is 30.3 Å². The van der Waals surface area contributed by atoms with E-state index in [2.05, 4.69) is 6.07 Å². The topological polar surface area (TPSA) is 59.0 Å². The Bertz CT molecular complexity index is 712. The van der Waals surface area contributed by atoms with Crippen LogP contribution >= 0.6 is 0 Å². The summed E-state index contributed by atoms with van der Waals surface area (Å²) in [6, 6.07) is 12.2. The maximum absolute atomic E-state index is 11.5. The van der Waals surface area contributed by atoms with Crippen LogP contribution in [0.4, 0.5) is 4.79 Å². The molecular formula is C19H23NO4. The van der Waals surface area contributed by atoms with Crippen LogP contribution in [0.3, 0.4) is 0 Å². The molecule has 0 aliphatic heterocycles. The molecule has 1 aliphatic rings. The van der Waals surface area contributed by atoms with E-state index < -0.39 is 6.09 Å². The van der Waals surface area contributed by atoms with Crippen molar-refractivity contribution in [2.24, 2.45) is 0 Å². The van der Waals surface area contributed by atoms with Gasteiger partial charge >= 0.3 is 6.09 Å². The first-order chi connectivity index (χ1) is 11.7. The summed E-state index contributed by atoms with van der Waals surface area (Å²) in [5.41, 5.74) is 0.963. The minimum Gasteiger partial charge on any atom is -0.493 e. The van der Waals surface area contributed by atoms with Gasteiger partial charge in [0, 0.05) is 38.1 Å². The quantitative estimate of drug-likeness (QED) is 0.746. The third-order valence-electron chi connectivity index (χ3n) is 4.22. The highest BCUT2D eigenvalue weighted by molar-refractivity contribution is 5.89. The highest BCUT2D eigenvalue weighted by Crippen LogP contribution is 2.32. The number of methoxy groups -OCH3 is 1. The zero-order valence-corrected chi connectivity index (χ0v) is 13.9. The fourth-order valence-electron chi connectivity index (χ4n) is 2.87. The Kier molecular flexibility index (Phi) is 5.20. The third-order valence-corrected chi connectivity index (χ3v) is 4.22. The van der Waals surface area contributed by atoms with Crippen LogP contribution in [-0.2, 0) is 11.3 Å². The highest BCUT2D eigenvalue weighted by atomic mass is 16.5. The first kappa shape index (κ1) is 16.6. The minimum atomic E-state index is -0.853. The van der Waals surface area contributed by atoms with Gasteiger partial charge in [-0.05, 0) is 35.9 Å². The number of nitrogens with zero attached hydrogens (tertiary/aromatic N) is 1. The molecule has 5 nitrogen and oxygen atoms in total. The number of hydrogen-bond acceptors (Lipinski definition) is 3. The van der Waals surface area contributed by atoms with Crippen molar-refractivity contribution in [3.63, 3.8) is 0 Å². The molecule has 1 amide bonds. The van der Waals surface area contributed by atoms with Gasteiger partial charge in [-0.2, -0.15) is 0 Å². The predicted octanol–water partition coefficient (Wildman–Crippen LogP) is 3.90. The average molecular weight is 329 g/mol. The molecule has 0 atom stereocenters. The largest absolute Gasteiger partial charge is 0.493 e. The molecule has 0 radical (unpaired) electrons. The van der Waals surface area contributed by atoms with Gasteiger partial charge in [0.05, 0.1) is 6.61 Å². The van der Waals surface area contributed by atoms with E-state index in [9.17, 15) is 9.90 Å². The SMILES string of the molecule is COCCCOc1cc(CN(C(=O)O)C2CC2)cc2ccccc12. The van der Waals surface area contributed by atoms with Gasteiger partial charge in [0.2, 0.25) is 0 Å². The molecule has 1 N–H and O–H groups in total. The van der Waals surface area contributed by atoms with Crippen molar-refractivity contribution >= 4 is 16.9 Å². The van der Waals surface area contributed by atoms with E-state index in [1.165, 1.54) is 4.90 Å². The Morgan fingerprint density at radius 3 is 2.75 bits per heavy atom. The fourth-order valence-corrected chi connectivity index (χ4v) is 2.87. The predicted molar refractivity (Wildman–Crippen MR) is 92.5 cm³/mol. The molecule has 2 aromatic carbocycles. The molecule has 1 aliphatic carbocycles. The molecule has 3 rings (SSSR count). The Labute approximate surface area is 141 Å². The molecular weight excluding hydrogens is 306 g/mol. The summed E-state index contributed by atoms with van der Waals surface area (Å²) >= 11 is 0. The first-order valence-corrected chi connectivity index (χ1v) is 8.32. The molecule has 0 unspecified atom stereocenters. The van der Waals surface area contributed by atoms with Crippen LogP contribution in [-0.4, -0.2) is 42.5 Å². The van der Waals surface area contributed by atoms with Gasteiger partial charge in [-0.1, -0.05) is 24.3 Å². The van der Waals surface area contributed by atoms with E-state index in [-0.39, 0.29) is 6.04 Å². The Hall–Kier alpha value is -2.27. The van der Waals surface area contributed by atoms with Crippen molar-refractivity contribution in [1.29, 1.82) is 0 Å². The number of amides is 1. The number of carbonyl (C=O) groups is 1. The lowest BCUT2D eigenvalue weighted by Gasteiger charge is -2.20. The van der Waals surface area contributed by atoms with Crippen molar-refractivity contribution in [2.45, 2.75) is 31.8 Å². The van der Waals surface area contributed by atoms with E-state index in [0.717, 1.165) is 41.3 Å². The summed E-state index contributed by atoms with van der Waals surface area (Å²) in [4.78, 5) is 13.0. The van der Waals surface area contributed by atoms with Gasteiger partial charge in [0.25, 0.3) is 0 Å². The van der Waals surface area contributed by atoms with Crippen LogP contribution in [0.5, 0.6) is 5.75 Å². The first-order valence-electron chi connectivity index (χ1n) is 8.32. The number of rotatable bonds is 8. The molecule has 24 heavy (non-hydrogen) atoms. The van der Waals surface area contributed by atoms with Crippen LogP contribution in [0.25, 0.3) is 10.8 Å². The molecule has 1 fully saturated rings. The zero-order valence-electron chi connectivity index (χ0n) is 13.9. The van der Waals surface area contributed by atoms with Gasteiger partial charge < -0.3 is 19.5 Å². The second-order valence-electron chi connectivity index (χ2n) is 6.15. The van der Waals surface area contributed by atoms with Gasteiger partial charge in [-0.3, -0.25) is 0 Å². The molecule has 0 saturated heterocycles. The fraction of sp³-hybridized carbons (Fsp3) is 0.421. The summed E-state index contributed by atoms with van der Waals surface area (Å²) in [5, 5.41) is 11.5. The van der Waals surface area contributed by atoms with Gasteiger partial charge in [-0.25, -0.2) is 4.79 Å². The van der Waals surface area contributed by atoms with Crippen LogP contribution in [0.1, 0.15) is 24.8 Å². The van der Waals surface area contributed by atoms with Crippen molar-refractivity contribution in [3.8, 4) is 5.75 Å². The molecule has 128 valence electrons. The summed E-state index contributed by atoms with van der Waals surface area (Å²) in [7, 11) is 1.67. The minimum absolute atomic E-state index is 0.167. The second kappa shape index (κ2) is 7.53. The van der Waals surface area contributed by atoms with Gasteiger partial charge in [0.15, 0.2) is 0 Å². The van der Waals surface area contributed by atoms with Crippen molar-refractivity contribution in [1.82, 2.24) is 4.90 Å². The lowest BCUT2D eigenvalue weighted by Crippen LogP contribution is -2.30. The molecule has 1 saturated carbocycles.